The number of carbonyl (C=O) groups is 1. The molecule has 0 bridgehead atoms. The number of hydrogen-bond acceptors (Lipinski definition) is 2. The molecule has 20 heavy (non-hydrogen) atoms. The van der Waals surface area contributed by atoms with E-state index in [4.69, 9.17) is 4.74 Å². The minimum atomic E-state index is -2.67. The molecule has 0 aromatic carbocycles. The molecule has 0 rings (SSSR count). The SMILES string of the molecule is CC(=O)OCCCCCCCCCC/C=C\C(C)(F)F. The highest BCUT2D eigenvalue weighted by atomic mass is 19.3. The van der Waals surface area contributed by atoms with Crippen molar-refractivity contribution in [1.29, 1.82) is 0 Å². The fourth-order valence-electron chi connectivity index (χ4n) is 1.93. The number of alkyl halides is 2. The molecule has 0 unspecified atom stereocenters. The third-order valence-corrected chi connectivity index (χ3v) is 2.98. The molecule has 0 aromatic heterocycles. The summed E-state index contributed by atoms with van der Waals surface area (Å²) in [6.45, 7) is 2.87. The standard InChI is InChI=1S/C16H28F2O2/c1-15(19)20-14-12-10-8-6-4-3-5-7-9-11-13-16(2,17)18/h11,13H,3-10,12,14H2,1-2H3/b13-11-. The minimum absolute atomic E-state index is 0.208. The van der Waals surface area contributed by atoms with Crippen molar-refractivity contribution in [3.8, 4) is 0 Å². The van der Waals surface area contributed by atoms with Crippen LogP contribution in [0.25, 0.3) is 0 Å². The van der Waals surface area contributed by atoms with Gasteiger partial charge >= 0.3 is 5.97 Å². The van der Waals surface area contributed by atoms with Crippen LogP contribution in [0.4, 0.5) is 8.78 Å². The first-order valence-electron chi connectivity index (χ1n) is 7.61. The summed E-state index contributed by atoms with van der Waals surface area (Å²) >= 11 is 0. The van der Waals surface area contributed by atoms with E-state index < -0.39 is 5.92 Å². The Kier molecular flexibility index (Phi) is 11.3. The molecule has 2 nitrogen and oxygen atoms in total. The number of hydrogen-bond donors (Lipinski definition) is 0. The van der Waals surface area contributed by atoms with Crippen LogP contribution in [0.1, 0.15) is 71.6 Å². The van der Waals surface area contributed by atoms with Crippen molar-refractivity contribution in [1.82, 2.24) is 0 Å². The average molecular weight is 290 g/mol. The van der Waals surface area contributed by atoms with Crippen LogP contribution in [-0.4, -0.2) is 18.5 Å². The van der Waals surface area contributed by atoms with Gasteiger partial charge in [0.2, 0.25) is 0 Å². The molecule has 0 aliphatic heterocycles. The van der Waals surface area contributed by atoms with Crippen LogP contribution in [0.3, 0.4) is 0 Å². The summed E-state index contributed by atoms with van der Waals surface area (Å²) in [5.41, 5.74) is 0. The van der Waals surface area contributed by atoms with Crippen molar-refractivity contribution >= 4 is 5.97 Å². The molecule has 0 aliphatic rings. The highest BCUT2D eigenvalue weighted by Crippen LogP contribution is 2.14. The molecule has 0 atom stereocenters. The predicted octanol–water partition coefficient (Wildman–Crippen LogP) is 5.27. The quantitative estimate of drug-likeness (QED) is 0.278. The molecule has 0 aromatic rings. The van der Waals surface area contributed by atoms with Crippen LogP contribution >= 0.6 is 0 Å². The molecule has 0 fully saturated rings. The summed E-state index contributed by atoms with van der Waals surface area (Å²) in [6.07, 6.45) is 12.2. The first-order valence-corrected chi connectivity index (χ1v) is 7.61. The summed E-state index contributed by atoms with van der Waals surface area (Å²) in [6, 6.07) is 0. The van der Waals surface area contributed by atoms with E-state index in [1.54, 1.807) is 6.08 Å². The lowest BCUT2D eigenvalue weighted by atomic mass is 10.1. The van der Waals surface area contributed by atoms with E-state index >= 15 is 0 Å². The van der Waals surface area contributed by atoms with Crippen LogP contribution in [0.2, 0.25) is 0 Å². The molecule has 0 amide bonds. The van der Waals surface area contributed by atoms with Gasteiger partial charge in [-0.3, -0.25) is 4.79 Å². The smallest absolute Gasteiger partial charge is 0.302 e. The fourth-order valence-corrected chi connectivity index (χ4v) is 1.93. The van der Waals surface area contributed by atoms with Gasteiger partial charge in [-0.1, -0.05) is 44.6 Å². The molecular formula is C16H28F2O2. The van der Waals surface area contributed by atoms with Gasteiger partial charge in [0.25, 0.3) is 5.92 Å². The maximum absolute atomic E-state index is 12.5. The van der Waals surface area contributed by atoms with E-state index in [0.29, 0.717) is 6.61 Å². The van der Waals surface area contributed by atoms with E-state index in [1.165, 1.54) is 32.6 Å². The van der Waals surface area contributed by atoms with E-state index in [2.05, 4.69) is 0 Å². The van der Waals surface area contributed by atoms with Gasteiger partial charge in [-0.05, 0) is 25.3 Å². The first-order chi connectivity index (χ1) is 9.42. The van der Waals surface area contributed by atoms with Gasteiger partial charge in [0.05, 0.1) is 6.61 Å². The highest BCUT2D eigenvalue weighted by Gasteiger charge is 2.14. The average Bonchev–Trinajstić information content (AvgIpc) is 2.33. The van der Waals surface area contributed by atoms with Crippen LogP contribution in [-0.2, 0) is 9.53 Å². The maximum atomic E-state index is 12.5. The largest absolute Gasteiger partial charge is 0.466 e. The van der Waals surface area contributed by atoms with Gasteiger partial charge < -0.3 is 4.74 Å². The van der Waals surface area contributed by atoms with Crippen LogP contribution in [0.15, 0.2) is 12.2 Å². The molecule has 0 N–H and O–H groups in total. The van der Waals surface area contributed by atoms with Crippen molar-refractivity contribution in [3.63, 3.8) is 0 Å². The van der Waals surface area contributed by atoms with Gasteiger partial charge in [0.15, 0.2) is 0 Å². The molecule has 0 spiro atoms. The second-order valence-electron chi connectivity index (χ2n) is 5.32. The second kappa shape index (κ2) is 11.9. The summed E-state index contributed by atoms with van der Waals surface area (Å²) in [4.78, 5) is 10.5. The van der Waals surface area contributed by atoms with Gasteiger partial charge in [0, 0.05) is 13.8 Å². The minimum Gasteiger partial charge on any atom is -0.466 e. The molecule has 0 saturated carbocycles. The summed E-state index contributed by atoms with van der Waals surface area (Å²) < 4.78 is 29.8. The maximum Gasteiger partial charge on any atom is 0.302 e. The molecule has 118 valence electrons. The van der Waals surface area contributed by atoms with E-state index in [-0.39, 0.29) is 5.97 Å². The molecule has 0 aliphatic carbocycles. The summed E-state index contributed by atoms with van der Waals surface area (Å²) in [5.74, 6) is -2.88. The van der Waals surface area contributed by atoms with Crippen molar-refractivity contribution in [2.45, 2.75) is 77.6 Å². The van der Waals surface area contributed by atoms with Gasteiger partial charge in [0.1, 0.15) is 0 Å². The summed E-state index contributed by atoms with van der Waals surface area (Å²) in [5, 5.41) is 0. The van der Waals surface area contributed by atoms with Gasteiger partial charge in [-0.25, -0.2) is 8.78 Å². The number of esters is 1. The topological polar surface area (TPSA) is 26.3 Å². The number of allylic oxidation sites excluding steroid dienone is 2. The Morgan fingerprint density at radius 2 is 1.50 bits per heavy atom. The van der Waals surface area contributed by atoms with Gasteiger partial charge in [-0.15, -0.1) is 0 Å². The molecule has 0 heterocycles. The Labute approximate surface area is 121 Å². The summed E-state index contributed by atoms with van der Waals surface area (Å²) in [7, 11) is 0. The van der Waals surface area contributed by atoms with Gasteiger partial charge in [-0.2, -0.15) is 0 Å². The lowest BCUT2D eigenvalue weighted by molar-refractivity contribution is -0.141. The molecule has 0 radical (unpaired) electrons. The molecule has 0 saturated heterocycles. The first kappa shape index (κ1) is 19.1. The van der Waals surface area contributed by atoms with Crippen LogP contribution in [0.5, 0.6) is 0 Å². The molecular weight excluding hydrogens is 262 g/mol. The third kappa shape index (κ3) is 17.1. The molecule has 4 heteroatoms. The lowest BCUT2D eigenvalue weighted by Crippen LogP contribution is -2.02. The number of ether oxygens (including phenoxy) is 1. The van der Waals surface area contributed by atoms with Crippen LogP contribution in [0, 0.1) is 0 Å². The number of carbonyl (C=O) groups excluding carboxylic acids is 1. The number of halogens is 2. The monoisotopic (exact) mass is 290 g/mol. The van der Waals surface area contributed by atoms with E-state index in [0.717, 1.165) is 45.1 Å². The highest BCUT2D eigenvalue weighted by molar-refractivity contribution is 5.65. The fraction of sp³-hybridized carbons (Fsp3) is 0.812. The second-order valence-corrected chi connectivity index (χ2v) is 5.32. The zero-order chi connectivity index (χ0) is 15.3. The Balaban J connectivity index is 3.14. The Hall–Kier alpha value is -0.930. The van der Waals surface area contributed by atoms with Crippen molar-refractivity contribution in [2.75, 3.05) is 6.61 Å². The lowest BCUT2D eigenvalue weighted by Gasteiger charge is -2.03. The van der Waals surface area contributed by atoms with E-state index in [9.17, 15) is 13.6 Å². The zero-order valence-electron chi connectivity index (χ0n) is 12.8. The Bertz CT molecular complexity index is 270. The van der Waals surface area contributed by atoms with Crippen molar-refractivity contribution in [3.05, 3.63) is 12.2 Å². The normalized spacial score (nSPS) is 12.0. The van der Waals surface area contributed by atoms with E-state index in [1.807, 2.05) is 0 Å². The Morgan fingerprint density at radius 3 is 2.00 bits per heavy atom. The van der Waals surface area contributed by atoms with Crippen molar-refractivity contribution < 1.29 is 18.3 Å². The number of unbranched alkanes of at least 4 members (excludes halogenated alkanes) is 8. The number of rotatable bonds is 12. The van der Waals surface area contributed by atoms with Crippen molar-refractivity contribution in [2.24, 2.45) is 0 Å². The predicted molar refractivity (Wildman–Crippen MR) is 77.9 cm³/mol. The Morgan fingerprint density at radius 1 is 1.00 bits per heavy atom. The van der Waals surface area contributed by atoms with Crippen LogP contribution < -0.4 is 0 Å². The third-order valence-electron chi connectivity index (χ3n) is 2.98. The zero-order valence-corrected chi connectivity index (χ0v) is 12.8.